The van der Waals surface area contributed by atoms with Crippen molar-refractivity contribution in [3.8, 4) is 11.5 Å². The van der Waals surface area contributed by atoms with Crippen LogP contribution in [0, 0.1) is 6.92 Å². The summed E-state index contributed by atoms with van der Waals surface area (Å²) < 4.78 is 5.20. The van der Waals surface area contributed by atoms with Gasteiger partial charge in [-0.15, -0.1) is 0 Å². The first-order chi connectivity index (χ1) is 6.74. The SMILES string of the molecule is COc1ccnc2c(C)c(O)ccc12. The molecule has 0 saturated heterocycles. The highest BCUT2D eigenvalue weighted by molar-refractivity contribution is 5.88. The number of phenols is 1. The summed E-state index contributed by atoms with van der Waals surface area (Å²) in [5, 5.41) is 10.4. The summed E-state index contributed by atoms with van der Waals surface area (Å²) in [5.74, 6) is 1.04. The van der Waals surface area contributed by atoms with Crippen LogP contribution in [0.4, 0.5) is 0 Å². The second kappa shape index (κ2) is 3.18. The lowest BCUT2D eigenvalue weighted by Gasteiger charge is -2.07. The zero-order valence-electron chi connectivity index (χ0n) is 8.11. The summed E-state index contributed by atoms with van der Waals surface area (Å²) in [7, 11) is 1.62. The highest BCUT2D eigenvalue weighted by atomic mass is 16.5. The van der Waals surface area contributed by atoms with E-state index >= 15 is 0 Å². The van der Waals surface area contributed by atoms with E-state index in [-0.39, 0.29) is 5.75 Å². The van der Waals surface area contributed by atoms with Gasteiger partial charge >= 0.3 is 0 Å². The molecule has 14 heavy (non-hydrogen) atoms. The van der Waals surface area contributed by atoms with E-state index in [0.29, 0.717) is 0 Å². The summed E-state index contributed by atoms with van der Waals surface area (Å²) in [6.07, 6.45) is 1.67. The number of fused-ring (bicyclic) bond motifs is 1. The van der Waals surface area contributed by atoms with Crippen LogP contribution in [0.2, 0.25) is 0 Å². The Hall–Kier alpha value is -1.77. The number of phenolic OH excluding ortho intramolecular Hbond substituents is 1. The van der Waals surface area contributed by atoms with E-state index in [1.54, 1.807) is 25.4 Å². The van der Waals surface area contributed by atoms with Crippen molar-refractivity contribution >= 4 is 10.9 Å². The number of rotatable bonds is 1. The highest BCUT2D eigenvalue weighted by Crippen LogP contribution is 2.30. The van der Waals surface area contributed by atoms with Crippen molar-refractivity contribution in [2.45, 2.75) is 6.92 Å². The van der Waals surface area contributed by atoms with Crippen LogP contribution in [-0.4, -0.2) is 17.2 Å². The Morgan fingerprint density at radius 1 is 1.29 bits per heavy atom. The number of aryl methyl sites for hydroxylation is 1. The van der Waals surface area contributed by atoms with Crippen LogP contribution < -0.4 is 4.74 Å². The Kier molecular flexibility index (Phi) is 2.00. The molecule has 0 saturated carbocycles. The lowest BCUT2D eigenvalue weighted by atomic mass is 10.1. The molecule has 1 aromatic carbocycles. The fraction of sp³-hybridized carbons (Fsp3) is 0.182. The van der Waals surface area contributed by atoms with Crippen molar-refractivity contribution in [2.24, 2.45) is 0 Å². The van der Waals surface area contributed by atoms with E-state index in [1.165, 1.54) is 0 Å². The van der Waals surface area contributed by atoms with Gasteiger partial charge in [0.2, 0.25) is 0 Å². The van der Waals surface area contributed by atoms with Crippen molar-refractivity contribution in [3.05, 3.63) is 30.0 Å². The normalized spacial score (nSPS) is 10.4. The van der Waals surface area contributed by atoms with Gasteiger partial charge in [0, 0.05) is 17.1 Å². The lowest BCUT2D eigenvalue weighted by molar-refractivity contribution is 0.419. The molecular weight excluding hydrogens is 178 g/mol. The molecule has 0 fully saturated rings. The van der Waals surface area contributed by atoms with Gasteiger partial charge in [-0.25, -0.2) is 0 Å². The van der Waals surface area contributed by atoms with E-state index in [4.69, 9.17) is 4.74 Å². The van der Waals surface area contributed by atoms with Gasteiger partial charge in [-0.3, -0.25) is 4.98 Å². The average Bonchev–Trinajstić information content (AvgIpc) is 2.23. The van der Waals surface area contributed by atoms with Gasteiger partial charge in [0.15, 0.2) is 0 Å². The van der Waals surface area contributed by atoms with Crippen molar-refractivity contribution < 1.29 is 9.84 Å². The molecule has 0 spiro atoms. The lowest BCUT2D eigenvalue weighted by Crippen LogP contribution is -1.89. The molecule has 2 aromatic rings. The van der Waals surface area contributed by atoms with Gasteiger partial charge in [-0.2, -0.15) is 0 Å². The minimum Gasteiger partial charge on any atom is -0.508 e. The van der Waals surface area contributed by atoms with Gasteiger partial charge in [0.1, 0.15) is 11.5 Å². The van der Waals surface area contributed by atoms with Crippen LogP contribution in [0.5, 0.6) is 11.5 Å². The predicted octanol–water partition coefficient (Wildman–Crippen LogP) is 2.26. The maximum Gasteiger partial charge on any atom is 0.129 e. The largest absolute Gasteiger partial charge is 0.508 e. The van der Waals surface area contributed by atoms with Gasteiger partial charge in [0.05, 0.1) is 12.6 Å². The highest BCUT2D eigenvalue weighted by Gasteiger charge is 2.06. The van der Waals surface area contributed by atoms with Crippen LogP contribution >= 0.6 is 0 Å². The predicted molar refractivity (Wildman–Crippen MR) is 54.7 cm³/mol. The van der Waals surface area contributed by atoms with Gasteiger partial charge in [-0.1, -0.05) is 0 Å². The number of nitrogens with zero attached hydrogens (tertiary/aromatic N) is 1. The summed E-state index contributed by atoms with van der Waals surface area (Å²) in [6.45, 7) is 1.84. The molecule has 0 atom stereocenters. The molecule has 72 valence electrons. The first-order valence-electron chi connectivity index (χ1n) is 4.35. The molecule has 0 radical (unpaired) electrons. The molecule has 0 amide bonds. The van der Waals surface area contributed by atoms with E-state index < -0.39 is 0 Å². The smallest absolute Gasteiger partial charge is 0.129 e. The molecule has 0 unspecified atom stereocenters. The zero-order valence-corrected chi connectivity index (χ0v) is 8.11. The average molecular weight is 189 g/mol. The van der Waals surface area contributed by atoms with Crippen LogP contribution in [0.25, 0.3) is 10.9 Å². The molecule has 3 heteroatoms. The molecule has 1 aromatic heterocycles. The summed E-state index contributed by atoms with van der Waals surface area (Å²) in [4.78, 5) is 4.21. The van der Waals surface area contributed by atoms with E-state index in [1.807, 2.05) is 13.0 Å². The quantitative estimate of drug-likeness (QED) is 0.748. The molecule has 0 bridgehead atoms. The first-order valence-corrected chi connectivity index (χ1v) is 4.35. The summed E-state index contributed by atoms with van der Waals surface area (Å²) in [6, 6.07) is 5.27. The Morgan fingerprint density at radius 3 is 2.79 bits per heavy atom. The standard InChI is InChI=1S/C11H11NO2/c1-7-9(13)4-3-8-10(14-2)5-6-12-11(7)8/h3-6,13H,1-2H3. The Bertz CT molecular complexity index is 480. The maximum atomic E-state index is 9.50. The molecule has 3 nitrogen and oxygen atoms in total. The first kappa shape index (κ1) is 8.81. The Morgan fingerprint density at radius 2 is 2.07 bits per heavy atom. The number of ether oxygens (including phenoxy) is 1. The minimum atomic E-state index is 0.262. The second-order valence-corrected chi connectivity index (χ2v) is 3.12. The Labute approximate surface area is 82.0 Å². The van der Waals surface area contributed by atoms with Crippen molar-refractivity contribution in [1.29, 1.82) is 0 Å². The third kappa shape index (κ3) is 1.18. The van der Waals surface area contributed by atoms with Gasteiger partial charge in [0.25, 0.3) is 0 Å². The number of hydrogen-bond acceptors (Lipinski definition) is 3. The van der Waals surface area contributed by atoms with Crippen LogP contribution in [0.15, 0.2) is 24.4 Å². The van der Waals surface area contributed by atoms with Crippen LogP contribution in [0.1, 0.15) is 5.56 Å². The second-order valence-electron chi connectivity index (χ2n) is 3.12. The molecule has 0 aliphatic carbocycles. The van der Waals surface area contributed by atoms with Crippen molar-refractivity contribution in [2.75, 3.05) is 7.11 Å². The van der Waals surface area contributed by atoms with E-state index in [9.17, 15) is 5.11 Å². The topological polar surface area (TPSA) is 42.4 Å². The third-order valence-corrected chi connectivity index (χ3v) is 2.32. The Balaban J connectivity index is 2.86. The number of pyridine rings is 1. The number of benzene rings is 1. The van der Waals surface area contributed by atoms with Crippen molar-refractivity contribution in [3.63, 3.8) is 0 Å². The zero-order chi connectivity index (χ0) is 10.1. The van der Waals surface area contributed by atoms with E-state index in [2.05, 4.69) is 4.98 Å². The molecule has 0 aliphatic rings. The molecule has 2 rings (SSSR count). The van der Waals surface area contributed by atoms with Gasteiger partial charge in [-0.05, 0) is 25.1 Å². The number of aromatic hydroxyl groups is 1. The number of aromatic nitrogens is 1. The summed E-state index contributed by atoms with van der Waals surface area (Å²) in [5.41, 5.74) is 1.56. The molecule has 1 N–H and O–H groups in total. The molecule has 0 aliphatic heterocycles. The fourth-order valence-corrected chi connectivity index (χ4v) is 1.50. The summed E-state index contributed by atoms with van der Waals surface area (Å²) >= 11 is 0. The van der Waals surface area contributed by atoms with Crippen LogP contribution in [-0.2, 0) is 0 Å². The monoisotopic (exact) mass is 189 g/mol. The minimum absolute atomic E-state index is 0.262. The van der Waals surface area contributed by atoms with E-state index in [0.717, 1.165) is 22.2 Å². The van der Waals surface area contributed by atoms with Crippen molar-refractivity contribution in [1.82, 2.24) is 4.98 Å². The van der Waals surface area contributed by atoms with Gasteiger partial charge < -0.3 is 9.84 Å². The number of methoxy groups -OCH3 is 1. The molecule has 1 heterocycles. The fourth-order valence-electron chi connectivity index (χ4n) is 1.50. The number of hydrogen-bond donors (Lipinski definition) is 1. The third-order valence-electron chi connectivity index (χ3n) is 2.32. The molecular formula is C11H11NO2. The maximum absolute atomic E-state index is 9.50. The van der Waals surface area contributed by atoms with Crippen LogP contribution in [0.3, 0.4) is 0 Å².